The molecule has 78 valence electrons. The van der Waals surface area contributed by atoms with Gasteiger partial charge in [0.25, 0.3) is 0 Å². The molecule has 0 atom stereocenters. The smallest absolute Gasteiger partial charge is 0.0290 e. The van der Waals surface area contributed by atoms with E-state index >= 15 is 0 Å². The SMILES string of the molecule is CC1(C#Cc2ccccc2)CCCCC1. The molecule has 1 fully saturated rings. The Morgan fingerprint density at radius 3 is 2.33 bits per heavy atom. The van der Waals surface area contributed by atoms with Gasteiger partial charge in [-0.05, 0) is 31.9 Å². The average Bonchev–Trinajstić information content (AvgIpc) is 2.29. The highest BCUT2D eigenvalue weighted by Gasteiger charge is 2.23. The second-order valence-corrected chi connectivity index (χ2v) is 4.74. The van der Waals surface area contributed by atoms with Crippen LogP contribution in [0.1, 0.15) is 44.6 Å². The Kier molecular flexibility index (Phi) is 3.11. The van der Waals surface area contributed by atoms with Gasteiger partial charge in [-0.15, -0.1) is 0 Å². The van der Waals surface area contributed by atoms with Gasteiger partial charge in [0.05, 0.1) is 0 Å². The van der Waals surface area contributed by atoms with Gasteiger partial charge in [0, 0.05) is 11.0 Å². The van der Waals surface area contributed by atoms with Crippen molar-refractivity contribution < 1.29 is 0 Å². The van der Waals surface area contributed by atoms with E-state index in [1.165, 1.54) is 32.1 Å². The van der Waals surface area contributed by atoms with Gasteiger partial charge in [-0.1, -0.05) is 49.3 Å². The van der Waals surface area contributed by atoms with Crippen LogP contribution in [-0.4, -0.2) is 0 Å². The molecule has 15 heavy (non-hydrogen) atoms. The minimum Gasteiger partial charge on any atom is -0.0914 e. The summed E-state index contributed by atoms with van der Waals surface area (Å²) in [5.74, 6) is 6.77. The molecule has 0 heterocycles. The predicted molar refractivity (Wildman–Crippen MR) is 64.5 cm³/mol. The molecule has 1 aliphatic carbocycles. The van der Waals surface area contributed by atoms with Gasteiger partial charge in [0.1, 0.15) is 0 Å². The monoisotopic (exact) mass is 198 g/mol. The molecule has 0 heteroatoms. The maximum Gasteiger partial charge on any atom is 0.0290 e. The van der Waals surface area contributed by atoms with Crippen molar-refractivity contribution >= 4 is 0 Å². The van der Waals surface area contributed by atoms with Crippen LogP contribution in [0.4, 0.5) is 0 Å². The fourth-order valence-electron chi connectivity index (χ4n) is 2.20. The summed E-state index contributed by atoms with van der Waals surface area (Å²) in [5.41, 5.74) is 1.41. The van der Waals surface area contributed by atoms with Crippen molar-refractivity contribution in [1.29, 1.82) is 0 Å². The van der Waals surface area contributed by atoms with Crippen LogP contribution in [0.3, 0.4) is 0 Å². The highest BCUT2D eigenvalue weighted by molar-refractivity contribution is 5.35. The second-order valence-electron chi connectivity index (χ2n) is 4.74. The van der Waals surface area contributed by atoms with Crippen molar-refractivity contribution in [2.75, 3.05) is 0 Å². The van der Waals surface area contributed by atoms with Gasteiger partial charge >= 0.3 is 0 Å². The molecule has 0 nitrogen and oxygen atoms in total. The van der Waals surface area contributed by atoms with Gasteiger partial charge in [0.15, 0.2) is 0 Å². The summed E-state index contributed by atoms with van der Waals surface area (Å²) >= 11 is 0. The number of benzene rings is 1. The molecule has 0 amide bonds. The van der Waals surface area contributed by atoms with Crippen LogP contribution in [0.2, 0.25) is 0 Å². The first-order valence-electron chi connectivity index (χ1n) is 5.87. The van der Waals surface area contributed by atoms with E-state index in [9.17, 15) is 0 Å². The maximum absolute atomic E-state index is 3.46. The minimum atomic E-state index is 0.272. The van der Waals surface area contributed by atoms with Gasteiger partial charge in [-0.3, -0.25) is 0 Å². The lowest BCUT2D eigenvalue weighted by molar-refractivity contribution is 0.299. The molecule has 0 radical (unpaired) electrons. The molecule has 1 aromatic carbocycles. The van der Waals surface area contributed by atoms with Gasteiger partial charge in [-0.2, -0.15) is 0 Å². The highest BCUT2D eigenvalue weighted by atomic mass is 14.3. The molecular weight excluding hydrogens is 180 g/mol. The number of hydrogen-bond acceptors (Lipinski definition) is 0. The quantitative estimate of drug-likeness (QED) is 0.552. The Morgan fingerprint density at radius 2 is 1.67 bits per heavy atom. The molecule has 0 N–H and O–H groups in total. The molecule has 0 unspecified atom stereocenters. The van der Waals surface area contributed by atoms with Crippen LogP contribution < -0.4 is 0 Å². The van der Waals surface area contributed by atoms with Crippen LogP contribution in [-0.2, 0) is 0 Å². The van der Waals surface area contributed by atoms with E-state index in [1.807, 2.05) is 18.2 Å². The van der Waals surface area contributed by atoms with Crippen molar-refractivity contribution in [3.05, 3.63) is 35.9 Å². The molecule has 0 bridgehead atoms. The average molecular weight is 198 g/mol. The Balaban J connectivity index is 2.10. The lowest BCUT2D eigenvalue weighted by atomic mass is 9.76. The van der Waals surface area contributed by atoms with Crippen LogP contribution in [0.5, 0.6) is 0 Å². The zero-order chi connectivity index (χ0) is 10.6. The van der Waals surface area contributed by atoms with Crippen LogP contribution in [0, 0.1) is 17.3 Å². The zero-order valence-electron chi connectivity index (χ0n) is 9.42. The summed E-state index contributed by atoms with van der Waals surface area (Å²) in [7, 11) is 0. The molecule has 1 aliphatic rings. The first kappa shape index (κ1) is 10.3. The Hall–Kier alpha value is -1.22. The summed E-state index contributed by atoms with van der Waals surface area (Å²) in [4.78, 5) is 0. The second kappa shape index (κ2) is 4.53. The first-order valence-corrected chi connectivity index (χ1v) is 5.87. The lowest BCUT2D eigenvalue weighted by Gasteiger charge is -2.27. The summed E-state index contributed by atoms with van der Waals surface area (Å²) in [6.45, 7) is 2.31. The van der Waals surface area contributed by atoms with Gasteiger partial charge < -0.3 is 0 Å². The topological polar surface area (TPSA) is 0 Å². The largest absolute Gasteiger partial charge is 0.0914 e. The molecule has 1 aromatic rings. The van der Waals surface area contributed by atoms with Crippen LogP contribution in [0.15, 0.2) is 30.3 Å². The number of hydrogen-bond donors (Lipinski definition) is 0. The fraction of sp³-hybridized carbons (Fsp3) is 0.467. The maximum atomic E-state index is 3.46. The van der Waals surface area contributed by atoms with Gasteiger partial charge in [-0.25, -0.2) is 0 Å². The summed E-state index contributed by atoms with van der Waals surface area (Å²) in [5, 5.41) is 0. The Labute approximate surface area is 92.7 Å². The third kappa shape index (κ3) is 2.86. The normalized spacial score (nSPS) is 19.0. The molecule has 0 saturated heterocycles. The molecule has 1 saturated carbocycles. The van der Waals surface area contributed by atoms with Crippen molar-refractivity contribution in [2.24, 2.45) is 5.41 Å². The standard InChI is InChI=1S/C15H18/c1-15(11-6-3-7-12-15)13-10-14-8-4-2-5-9-14/h2,4-5,8-9H,3,6-7,11-12H2,1H3. The van der Waals surface area contributed by atoms with E-state index in [1.54, 1.807) is 0 Å². The van der Waals surface area contributed by atoms with Crippen molar-refractivity contribution in [3.8, 4) is 11.8 Å². The van der Waals surface area contributed by atoms with E-state index in [4.69, 9.17) is 0 Å². The zero-order valence-corrected chi connectivity index (χ0v) is 9.42. The van der Waals surface area contributed by atoms with E-state index in [-0.39, 0.29) is 5.41 Å². The Bertz CT molecular complexity index is 358. The van der Waals surface area contributed by atoms with E-state index < -0.39 is 0 Å². The first-order chi connectivity index (χ1) is 7.29. The molecule has 2 rings (SSSR count). The van der Waals surface area contributed by atoms with E-state index in [2.05, 4.69) is 30.9 Å². The lowest BCUT2D eigenvalue weighted by Crippen LogP contribution is -2.17. The third-order valence-electron chi connectivity index (χ3n) is 3.24. The van der Waals surface area contributed by atoms with E-state index in [0.29, 0.717) is 0 Å². The molecule has 0 aromatic heterocycles. The molecular formula is C15H18. The summed E-state index contributed by atoms with van der Waals surface area (Å²) in [6.07, 6.45) is 6.63. The Morgan fingerprint density at radius 1 is 1.00 bits per heavy atom. The van der Waals surface area contributed by atoms with Crippen molar-refractivity contribution in [1.82, 2.24) is 0 Å². The van der Waals surface area contributed by atoms with Crippen LogP contribution >= 0.6 is 0 Å². The molecule has 0 spiro atoms. The van der Waals surface area contributed by atoms with Crippen molar-refractivity contribution in [3.63, 3.8) is 0 Å². The van der Waals surface area contributed by atoms with Gasteiger partial charge in [0.2, 0.25) is 0 Å². The van der Waals surface area contributed by atoms with Crippen molar-refractivity contribution in [2.45, 2.75) is 39.0 Å². The summed E-state index contributed by atoms with van der Waals surface area (Å²) < 4.78 is 0. The minimum absolute atomic E-state index is 0.272. The summed E-state index contributed by atoms with van der Waals surface area (Å²) in [6, 6.07) is 10.3. The van der Waals surface area contributed by atoms with Crippen LogP contribution in [0.25, 0.3) is 0 Å². The highest BCUT2D eigenvalue weighted by Crippen LogP contribution is 2.34. The third-order valence-corrected chi connectivity index (χ3v) is 3.24. The van der Waals surface area contributed by atoms with E-state index in [0.717, 1.165) is 5.56 Å². The fourth-order valence-corrected chi connectivity index (χ4v) is 2.20. The number of rotatable bonds is 0. The predicted octanol–water partition coefficient (Wildman–Crippen LogP) is 4.01. The molecule has 0 aliphatic heterocycles.